The number of carbonyl (C=O) groups is 2. The fourth-order valence-electron chi connectivity index (χ4n) is 11.5. The number of carbonyl (C=O) groups excluding carboxylic acids is 2. The second-order valence-corrected chi connectivity index (χ2v) is 24.6. The highest BCUT2D eigenvalue weighted by Crippen LogP contribution is 2.20. The van der Waals surface area contributed by atoms with E-state index < -0.39 is 12.1 Å². The Labute approximate surface area is 476 Å². The third kappa shape index (κ3) is 62.1. The van der Waals surface area contributed by atoms with Crippen LogP contribution < -0.4 is 5.32 Å². The van der Waals surface area contributed by atoms with Gasteiger partial charge in [0.1, 0.15) is 0 Å². The smallest absolute Gasteiger partial charge is 0.305 e. The summed E-state index contributed by atoms with van der Waals surface area (Å²) >= 11 is 0. The van der Waals surface area contributed by atoms with Crippen LogP contribution in [-0.2, 0) is 14.3 Å². The number of amides is 1. The fraction of sp³-hybridized carbons (Fsp3) is 0.971. The molecule has 76 heavy (non-hydrogen) atoms. The van der Waals surface area contributed by atoms with Crippen LogP contribution in [0, 0.1) is 0 Å². The van der Waals surface area contributed by atoms with Gasteiger partial charge in [-0.15, -0.1) is 0 Å². The normalized spacial score (nSPS) is 12.4. The summed E-state index contributed by atoms with van der Waals surface area (Å²) in [6.07, 6.45) is 80.0. The van der Waals surface area contributed by atoms with Crippen molar-refractivity contribution in [3.8, 4) is 0 Å². The predicted octanol–water partition coefficient (Wildman–Crippen LogP) is 22.6. The van der Waals surface area contributed by atoms with Crippen molar-refractivity contribution < 1.29 is 24.5 Å². The Morgan fingerprint density at radius 1 is 0.316 bits per heavy atom. The number of unbranched alkanes of at least 4 members (excludes halogenated alkanes) is 56. The molecule has 0 saturated heterocycles. The minimum Gasteiger partial charge on any atom is -0.466 e. The van der Waals surface area contributed by atoms with Crippen molar-refractivity contribution in [3.63, 3.8) is 0 Å². The van der Waals surface area contributed by atoms with Gasteiger partial charge in [0, 0.05) is 12.8 Å². The summed E-state index contributed by atoms with van der Waals surface area (Å²) in [5, 5.41) is 23.4. The topological polar surface area (TPSA) is 95.9 Å². The van der Waals surface area contributed by atoms with Gasteiger partial charge in [-0.3, -0.25) is 9.59 Å². The Morgan fingerprint density at radius 3 is 0.803 bits per heavy atom. The van der Waals surface area contributed by atoms with E-state index >= 15 is 0 Å². The number of hydrogen-bond acceptors (Lipinski definition) is 5. The highest BCUT2D eigenvalue weighted by molar-refractivity contribution is 5.76. The summed E-state index contributed by atoms with van der Waals surface area (Å²) in [5.74, 6) is -0.0117. The van der Waals surface area contributed by atoms with Gasteiger partial charge in [-0.1, -0.05) is 373 Å². The van der Waals surface area contributed by atoms with Crippen molar-refractivity contribution in [2.45, 2.75) is 424 Å². The number of aliphatic hydroxyl groups is 2. The molecule has 3 N–H and O–H groups in total. The van der Waals surface area contributed by atoms with Gasteiger partial charge in [0.25, 0.3) is 0 Å². The molecular weight excluding hydrogens is 935 g/mol. The minimum atomic E-state index is -0.664. The van der Waals surface area contributed by atoms with E-state index in [-0.39, 0.29) is 18.5 Å². The van der Waals surface area contributed by atoms with E-state index in [0.29, 0.717) is 25.9 Å². The Bertz CT molecular complexity index is 1100. The molecule has 2 unspecified atom stereocenters. The first-order valence-corrected chi connectivity index (χ1v) is 35.3. The molecule has 0 aromatic carbocycles. The summed E-state index contributed by atoms with van der Waals surface area (Å²) in [7, 11) is 0. The molecular formula is C70H139NO5. The average Bonchev–Trinajstić information content (AvgIpc) is 3.42. The molecule has 0 saturated carbocycles. The molecule has 0 fully saturated rings. The van der Waals surface area contributed by atoms with Gasteiger partial charge in [0.05, 0.1) is 25.4 Å². The fourth-order valence-corrected chi connectivity index (χ4v) is 11.5. The standard InChI is InChI=1S/C70H139NO5/c1-3-5-7-9-11-13-15-17-19-20-21-22-25-28-31-35-38-42-46-50-54-58-62-68(73)67(66-72)71-69(74)63-59-55-51-47-43-39-36-32-29-26-23-24-27-30-33-37-41-45-49-53-57-61-65-76-70(75)64-60-56-52-48-44-40-34-18-16-14-12-10-8-6-4-2/h67-68,72-73H,3-66H2,1-2H3,(H,71,74). The van der Waals surface area contributed by atoms with E-state index in [0.717, 1.165) is 38.5 Å². The molecule has 0 radical (unpaired) electrons. The molecule has 0 aromatic rings. The van der Waals surface area contributed by atoms with Crippen LogP contribution >= 0.6 is 0 Å². The van der Waals surface area contributed by atoms with Crippen LogP contribution in [0.4, 0.5) is 0 Å². The second-order valence-electron chi connectivity index (χ2n) is 24.6. The van der Waals surface area contributed by atoms with Crippen molar-refractivity contribution in [1.82, 2.24) is 5.32 Å². The molecule has 0 aliphatic carbocycles. The molecule has 1 amide bonds. The lowest BCUT2D eigenvalue weighted by atomic mass is 10.0. The Kier molecular flexibility index (Phi) is 65.4. The third-order valence-electron chi connectivity index (χ3n) is 16.9. The van der Waals surface area contributed by atoms with E-state index in [1.54, 1.807) is 0 Å². The quantitative estimate of drug-likeness (QED) is 0.0417. The molecule has 0 aliphatic rings. The van der Waals surface area contributed by atoms with Crippen molar-refractivity contribution in [2.24, 2.45) is 0 Å². The second kappa shape index (κ2) is 66.4. The summed E-state index contributed by atoms with van der Waals surface area (Å²) in [5.41, 5.74) is 0. The van der Waals surface area contributed by atoms with E-state index in [1.165, 1.54) is 340 Å². The number of hydrogen-bond donors (Lipinski definition) is 3. The van der Waals surface area contributed by atoms with Crippen LogP contribution in [0.3, 0.4) is 0 Å². The van der Waals surface area contributed by atoms with E-state index in [2.05, 4.69) is 19.2 Å². The van der Waals surface area contributed by atoms with Crippen molar-refractivity contribution in [2.75, 3.05) is 13.2 Å². The van der Waals surface area contributed by atoms with Crippen molar-refractivity contribution >= 4 is 11.9 Å². The molecule has 6 nitrogen and oxygen atoms in total. The highest BCUT2D eigenvalue weighted by Gasteiger charge is 2.20. The molecule has 0 spiro atoms. The van der Waals surface area contributed by atoms with Gasteiger partial charge < -0.3 is 20.3 Å². The van der Waals surface area contributed by atoms with Crippen molar-refractivity contribution in [3.05, 3.63) is 0 Å². The molecule has 2 atom stereocenters. The molecule has 0 heterocycles. The van der Waals surface area contributed by atoms with Crippen LogP contribution in [0.15, 0.2) is 0 Å². The first-order chi connectivity index (χ1) is 37.5. The maximum Gasteiger partial charge on any atom is 0.305 e. The zero-order valence-electron chi connectivity index (χ0n) is 52.0. The average molecular weight is 1070 g/mol. The lowest BCUT2D eigenvalue weighted by Crippen LogP contribution is -2.45. The molecule has 454 valence electrons. The van der Waals surface area contributed by atoms with Crippen molar-refractivity contribution in [1.29, 1.82) is 0 Å². The lowest BCUT2D eigenvalue weighted by Gasteiger charge is -2.22. The third-order valence-corrected chi connectivity index (χ3v) is 16.9. The SMILES string of the molecule is CCCCCCCCCCCCCCCCCCCCCCCCC(O)C(CO)NC(=O)CCCCCCCCCCCCCCCCCCCCCCCCOC(=O)CCCCCCCCCCCCCCCCC. The first-order valence-electron chi connectivity index (χ1n) is 35.3. The number of rotatable bonds is 67. The highest BCUT2D eigenvalue weighted by atomic mass is 16.5. The largest absolute Gasteiger partial charge is 0.466 e. The maximum atomic E-state index is 12.5. The van der Waals surface area contributed by atoms with Gasteiger partial charge in [-0.2, -0.15) is 0 Å². The van der Waals surface area contributed by atoms with Gasteiger partial charge in [-0.25, -0.2) is 0 Å². The first kappa shape index (κ1) is 74.9. The number of nitrogens with one attached hydrogen (secondary N) is 1. The predicted molar refractivity (Wildman–Crippen MR) is 334 cm³/mol. The molecule has 0 aromatic heterocycles. The maximum absolute atomic E-state index is 12.5. The van der Waals surface area contributed by atoms with Gasteiger partial charge in [0.2, 0.25) is 5.91 Å². The number of esters is 1. The van der Waals surface area contributed by atoms with Crippen LogP contribution in [0.25, 0.3) is 0 Å². The summed E-state index contributed by atoms with van der Waals surface area (Å²) in [6, 6.07) is -0.542. The molecule has 0 aliphatic heterocycles. The molecule has 6 heteroatoms. The van der Waals surface area contributed by atoms with Crippen LogP contribution in [0.5, 0.6) is 0 Å². The van der Waals surface area contributed by atoms with Crippen LogP contribution in [0.2, 0.25) is 0 Å². The van der Waals surface area contributed by atoms with E-state index in [4.69, 9.17) is 4.74 Å². The summed E-state index contributed by atoms with van der Waals surface area (Å²) in [4.78, 5) is 24.6. The number of aliphatic hydroxyl groups excluding tert-OH is 2. The van der Waals surface area contributed by atoms with Gasteiger partial charge in [-0.05, 0) is 25.7 Å². The van der Waals surface area contributed by atoms with E-state index in [9.17, 15) is 19.8 Å². The van der Waals surface area contributed by atoms with Gasteiger partial charge >= 0.3 is 5.97 Å². The molecule has 0 rings (SSSR count). The summed E-state index contributed by atoms with van der Waals surface area (Å²) < 4.78 is 5.50. The zero-order valence-corrected chi connectivity index (χ0v) is 52.0. The van der Waals surface area contributed by atoms with Crippen LogP contribution in [-0.4, -0.2) is 47.4 Å². The van der Waals surface area contributed by atoms with Crippen LogP contribution in [0.1, 0.15) is 412 Å². The monoisotopic (exact) mass is 1070 g/mol. The Balaban J connectivity index is 3.36. The number of ether oxygens (including phenoxy) is 1. The van der Waals surface area contributed by atoms with Gasteiger partial charge in [0.15, 0.2) is 0 Å². The lowest BCUT2D eigenvalue weighted by molar-refractivity contribution is -0.143. The Morgan fingerprint density at radius 2 is 0.539 bits per heavy atom. The van der Waals surface area contributed by atoms with E-state index in [1.807, 2.05) is 0 Å². The zero-order chi connectivity index (χ0) is 55.0. The minimum absolute atomic E-state index is 0.0178. The summed E-state index contributed by atoms with van der Waals surface area (Å²) in [6.45, 7) is 5.00. The Hall–Kier alpha value is -1.14. The molecule has 0 bridgehead atoms.